The highest BCUT2D eigenvalue weighted by atomic mass is 16.1. The van der Waals surface area contributed by atoms with Crippen molar-refractivity contribution in [2.75, 3.05) is 18.0 Å². The van der Waals surface area contributed by atoms with Crippen LogP contribution in [0.15, 0.2) is 24.3 Å². The van der Waals surface area contributed by atoms with Gasteiger partial charge in [-0.1, -0.05) is 18.6 Å². The van der Waals surface area contributed by atoms with Crippen molar-refractivity contribution in [3.05, 3.63) is 29.8 Å². The number of anilines is 1. The molecule has 1 aromatic rings. The van der Waals surface area contributed by atoms with Crippen LogP contribution in [0.3, 0.4) is 0 Å². The van der Waals surface area contributed by atoms with Crippen LogP contribution in [0.5, 0.6) is 0 Å². The Morgan fingerprint density at radius 2 is 2.07 bits per heavy atom. The van der Waals surface area contributed by atoms with Gasteiger partial charge in [-0.3, -0.25) is 4.79 Å². The van der Waals surface area contributed by atoms with Gasteiger partial charge >= 0.3 is 0 Å². The summed E-state index contributed by atoms with van der Waals surface area (Å²) in [5, 5.41) is 0. The zero-order valence-corrected chi connectivity index (χ0v) is 8.78. The van der Waals surface area contributed by atoms with Gasteiger partial charge in [-0.25, -0.2) is 0 Å². The summed E-state index contributed by atoms with van der Waals surface area (Å²) < 4.78 is 0. The zero-order valence-electron chi connectivity index (χ0n) is 8.78. The van der Waals surface area contributed by atoms with Gasteiger partial charge < -0.3 is 4.90 Å². The van der Waals surface area contributed by atoms with E-state index in [1.54, 1.807) is 0 Å². The number of rotatable bonds is 2. The monoisotopic (exact) mass is 201 g/mol. The normalized spacial score (nSPS) is 22.0. The smallest absolute Gasteiger partial charge is 0.150 e. The highest BCUT2D eigenvalue weighted by Gasteiger charge is 2.47. The van der Waals surface area contributed by atoms with Gasteiger partial charge in [0, 0.05) is 29.8 Å². The van der Waals surface area contributed by atoms with E-state index in [2.05, 4.69) is 11.0 Å². The molecule has 0 amide bonds. The molecule has 1 aliphatic heterocycles. The number of hydrogen-bond acceptors (Lipinski definition) is 2. The van der Waals surface area contributed by atoms with Crippen molar-refractivity contribution in [3.8, 4) is 0 Å². The van der Waals surface area contributed by atoms with Crippen LogP contribution < -0.4 is 4.90 Å². The van der Waals surface area contributed by atoms with E-state index in [1.165, 1.54) is 38.0 Å². The van der Waals surface area contributed by atoms with E-state index in [4.69, 9.17) is 0 Å². The predicted molar refractivity (Wildman–Crippen MR) is 60.3 cm³/mol. The standard InChI is InChI=1S/C13H15NO/c15-8-11-3-1-4-12(7-11)14-9-13(10-14)5-2-6-13/h1,3-4,7-8H,2,5-6,9-10H2. The summed E-state index contributed by atoms with van der Waals surface area (Å²) in [4.78, 5) is 13.0. The van der Waals surface area contributed by atoms with Crippen LogP contribution in [0.1, 0.15) is 29.6 Å². The minimum atomic E-state index is 0.650. The number of hydrogen-bond donors (Lipinski definition) is 0. The van der Waals surface area contributed by atoms with Gasteiger partial charge in [0.05, 0.1) is 0 Å². The summed E-state index contributed by atoms with van der Waals surface area (Å²) in [6.45, 7) is 2.38. The van der Waals surface area contributed by atoms with Crippen LogP contribution in [-0.2, 0) is 0 Å². The molecule has 0 unspecified atom stereocenters. The lowest BCUT2D eigenvalue weighted by Gasteiger charge is -2.57. The highest BCUT2D eigenvalue weighted by molar-refractivity contribution is 5.77. The van der Waals surface area contributed by atoms with Crippen molar-refractivity contribution in [1.82, 2.24) is 0 Å². The van der Waals surface area contributed by atoms with Crippen molar-refractivity contribution < 1.29 is 4.79 Å². The first-order valence-electron chi connectivity index (χ1n) is 5.62. The van der Waals surface area contributed by atoms with E-state index >= 15 is 0 Å². The summed E-state index contributed by atoms with van der Waals surface area (Å²) in [6, 6.07) is 7.90. The summed E-state index contributed by atoms with van der Waals surface area (Å²) in [5.74, 6) is 0. The molecule has 15 heavy (non-hydrogen) atoms. The third-order valence-electron chi connectivity index (χ3n) is 3.84. The second kappa shape index (κ2) is 3.09. The minimum Gasteiger partial charge on any atom is -0.370 e. The Labute approximate surface area is 89.9 Å². The van der Waals surface area contributed by atoms with Gasteiger partial charge in [-0.05, 0) is 25.0 Å². The first-order valence-corrected chi connectivity index (χ1v) is 5.62. The molecule has 0 atom stereocenters. The molecule has 2 fully saturated rings. The average Bonchev–Trinajstić information content (AvgIpc) is 2.14. The summed E-state index contributed by atoms with van der Waals surface area (Å²) in [5.41, 5.74) is 2.64. The molecule has 1 saturated carbocycles. The molecule has 2 aliphatic rings. The Bertz CT molecular complexity index is 387. The molecule has 1 aromatic carbocycles. The molecule has 0 aromatic heterocycles. The number of nitrogens with zero attached hydrogens (tertiary/aromatic N) is 1. The second-order valence-corrected chi connectivity index (χ2v) is 4.92. The molecule has 2 nitrogen and oxygen atoms in total. The van der Waals surface area contributed by atoms with Gasteiger partial charge in [0.2, 0.25) is 0 Å². The van der Waals surface area contributed by atoms with E-state index in [9.17, 15) is 4.79 Å². The van der Waals surface area contributed by atoms with Gasteiger partial charge in [0.1, 0.15) is 6.29 Å². The zero-order chi connectivity index (χ0) is 10.3. The fourth-order valence-electron chi connectivity index (χ4n) is 2.73. The van der Waals surface area contributed by atoms with Gasteiger partial charge in [-0.15, -0.1) is 0 Å². The second-order valence-electron chi connectivity index (χ2n) is 4.92. The van der Waals surface area contributed by atoms with Crippen LogP contribution >= 0.6 is 0 Å². The van der Waals surface area contributed by atoms with Crippen molar-refractivity contribution in [2.24, 2.45) is 5.41 Å². The van der Waals surface area contributed by atoms with Crippen LogP contribution in [0, 0.1) is 5.41 Å². The summed E-state index contributed by atoms with van der Waals surface area (Å²) in [6.07, 6.45) is 5.12. The van der Waals surface area contributed by atoms with E-state index < -0.39 is 0 Å². The largest absolute Gasteiger partial charge is 0.370 e. The molecule has 2 heteroatoms. The average molecular weight is 201 g/mol. The lowest BCUT2D eigenvalue weighted by atomic mass is 9.63. The predicted octanol–water partition coefficient (Wildman–Crippen LogP) is 2.49. The van der Waals surface area contributed by atoms with Crippen LogP contribution in [0.25, 0.3) is 0 Å². The third-order valence-corrected chi connectivity index (χ3v) is 3.84. The van der Waals surface area contributed by atoms with Crippen molar-refractivity contribution >= 4 is 12.0 Å². The molecule has 1 aliphatic carbocycles. The van der Waals surface area contributed by atoms with Gasteiger partial charge in [0.15, 0.2) is 0 Å². The lowest BCUT2D eigenvalue weighted by Crippen LogP contribution is -2.59. The summed E-state index contributed by atoms with van der Waals surface area (Å²) >= 11 is 0. The molecule has 1 spiro atoms. The SMILES string of the molecule is O=Cc1cccc(N2CC3(CCC3)C2)c1. The van der Waals surface area contributed by atoms with Gasteiger partial charge in [-0.2, -0.15) is 0 Å². The highest BCUT2D eigenvalue weighted by Crippen LogP contribution is 2.49. The first kappa shape index (κ1) is 8.96. The topological polar surface area (TPSA) is 20.3 Å². The van der Waals surface area contributed by atoms with Crippen molar-refractivity contribution in [3.63, 3.8) is 0 Å². The van der Waals surface area contributed by atoms with Crippen molar-refractivity contribution in [1.29, 1.82) is 0 Å². The Hall–Kier alpha value is -1.31. The maximum atomic E-state index is 10.7. The van der Waals surface area contributed by atoms with E-state index in [1.807, 2.05) is 18.2 Å². The first-order chi connectivity index (χ1) is 7.31. The molecule has 1 heterocycles. The molecule has 0 N–H and O–H groups in total. The fraction of sp³-hybridized carbons (Fsp3) is 0.462. The molecule has 1 saturated heterocycles. The number of benzene rings is 1. The Kier molecular flexibility index (Phi) is 1.84. The van der Waals surface area contributed by atoms with E-state index in [-0.39, 0.29) is 0 Å². The quantitative estimate of drug-likeness (QED) is 0.685. The number of carbonyl (C=O) groups excluding carboxylic acids is 1. The van der Waals surface area contributed by atoms with Crippen LogP contribution in [-0.4, -0.2) is 19.4 Å². The maximum Gasteiger partial charge on any atom is 0.150 e. The molecular weight excluding hydrogens is 186 g/mol. The van der Waals surface area contributed by atoms with Crippen LogP contribution in [0.4, 0.5) is 5.69 Å². The molecule has 3 rings (SSSR count). The fourth-order valence-corrected chi connectivity index (χ4v) is 2.73. The van der Waals surface area contributed by atoms with E-state index in [0.717, 1.165) is 11.8 Å². The third kappa shape index (κ3) is 1.36. The molecule has 0 radical (unpaired) electrons. The maximum absolute atomic E-state index is 10.7. The lowest BCUT2D eigenvalue weighted by molar-refractivity contribution is 0.0904. The van der Waals surface area contributed by atoms with Crippen LogP contribution in [0.2, 0.25) is 0 Å². The molecule has 0 bridgehead atoms. The summed E-state index contributed by atoms with van der Waals surface area (Å²) in [7, 11) is 0. The molecular formula is C13H15NO. The van der Waals surface area contributed by atoms with Crippen molar-refractivity contribution in [2.45, 2.75) is 19.3 Å². The Morgan fingerprint density at radius 1 is 1.27 bits per heavy atom. The van der Waals surface area contributed by atoms with E-state index in [0.29, 0.717) is 5.41 Å². The molecule has 78 valence electrons. The number of carbonyl (C=O) groups is 1. The minimum absolute atomic E-state index is 0.650. The van der Waals surface area contributed by atoms with Gasteiger partial charge in [0.25, 0.3) is 0 Å². The Morgan fingerprint density at radius 3 is 2.67 bits per heavy atom. The number of aldehydes is 1. The Balaban J connectivity index is 1.74.